The van der Waals surface area contributed by atoms with Gasteiger partial charge in [-0.1, -0.05) is 0 Å². The van der Waals surface area contributed by atoms with Gasteiger partial charge in [-0.05, 0) is 12.5 Å². The Bertz CT molecular complexity index is 630. The van der Waals surface area contributed by atoms with Gasteiger partial charge < -0.3 is 14.8 Å². The molecule has 0 unspecified atom stereocenters. The smallest absolute Gasteiger partial charge is 0.252 e. The third-order valence-electron chi connectivity index (χ3n) is 3.32. The van der Waals surface area contributed by atoms with Crippen LogP contribution in [-0.4, -0.2) is 46.1 Å². The van der Waals surface area contributed by atoms with Crippen molar-refractivity contribution in [3.05, 3.63) is 40.7 Å². The second-order valence-corrected chi connectivity index (χ2v) is 4.80. The van der Waals surface area contributed by atoms with E-state index in [0.29, 0.717) is 0 Å². The van der Waals surface area contributed by atoms with Crippen LogP contribution < -0.4 is 15.4 Å². The van der Waals surface area contributed by atoms with Crippen molar-refractivity contribution in [1.82, 2.24) is 19.9 Å². The Hall–Kier alpha value is -2.44. The van der Waals surface area contributed by atoms with Crippen LogP contribution in [0.4, 0.5) is 11.8 Å². The van der Waals surface area contributed by atoms with E-state index in [1.165, 1.54) is 12.4 Å². The van der Waals surface area contributed by atoms with E-state index in [0.717, 1.165) is 43.5 Å². The predicted molar refractivity (Wildman–Crippen MR) is 76.1 cm³/mol. The van der Waals surface area contributed by atoms with E-state index < -0.39 is 0 Å². The number of hydrogen-bond acceptors (Lipinski definition) is 6. The summed E-state index contributed by atoms with van der Waals surface area (Å²) in [5.41, 5.74) is 0.930. The highest BCUT2D eigenvalue weighted by molar-refractivity contribution is 5.41. The van der Waals surface area contributed by atoms with Crippen molar-refractivity contribution >= 4 is 11.8 Å². The van der Waals surface area contributed by atoms with E-state index in [-0.39, 0.29) is 5.56 Å². The zero-order valence-electron chi connectivity index (χ0n) is 11.3. The molecule has 0 aromatic carbocycles. The number of rotatable bonds is 2. The van der Waals surface area contributed by atoms with E-state index in [2.05, 4.69) is 29.7 Å². The summed E-state index contributed by atoms with van der Waals surface area (Å²) >= 11 is 0. The summed E-state index contributed by atoms with van der Waals surface area (Å²) < 4.78 is 0. The summed E-state index contributed by atoms with van der Waals surface area (Å²) in [6.45, 7) is 5.21. The van der Waals surface area contributed by atoms with Crippen molar-refractivity contribution in [3.8, 4) is 0 Å². The number of H-pyrrole nitrogens is 1. The molecule has 0 amide bonds. The van der Waals surface area contributed by atoms with Crippen molar-refractivity contribution in [1.29, 1.82) is 0 Å². The molecule has 3 heterocycles. The topological polar surface area (TPSA) is 78.0 Å². The average Bonchev–Trinajstić information content (AvgIpc) is 2.48. The minimum Gasteiger partial charge on any atom is -0.353 e. The lowest BCUT2D eigenvalue weighted by atomic mass is 10.3. The fourth-order valence-electron chi connectivity index (χ4n) is 2.22. The second-order valence-electron chi connectivity index (χ2n) is 4.80. The average molecular weight is 272 g/mol. The van der Waals surface area contributed by atoms with Crippen LogP contribution in [0.3, 0.4) is 0 Å². The Labute approximate surface area is 116 Å². The first-order valence-electron chi connectivity index (χ1n) is 6.56. The molecule has 0 spiro atoms. The largest absolute Gasteiger partial charge is 0.353 e. The number of anilines is 2. The van der Waals surface area contributed by atoms with Gasteiger partial charge in [-0.15, -0.1) is 0 Å². The lowest BCUT2D eigenvalue weighted by Crippen LogP contribution is -2.47. The zero-order valence-corrected chi connectivity index (χ0v) is 11.3. The fraction of sp³-hybridized carbons (Fsp3) is 0.385. The van der Waals surface area contributed by atoms with E-state index in [1.54, 1.807) is 0 Å². The van der Waals surface area contributed by atoms with Crippen LogP contribution in [0.25, 0.3) is 0 Å². The molecule has 1 fully saturated rings. The van der Waals surface area contributed by atoms with Gasteiger partial charge in [0.1, 0.15) is 5.82 Å². The summed E-state index contributed by atoms with van der Waals surface area (Å²) in [5, 5.41) is 0. The molecule has 20 heavy (non-hydrogen) atoms. The van der Waals surface area contributed by atoms with Gasteiger partial charge in [0.2, 0.25) is 5.95 Å². The van der Waals surface area contributed by atoms with Gasteiger partial charge in [0, 0.05) is 44.6 Å². The standard InChI is InChI=1S/C13H16N6O/c1-10-7-14-13(15-8-10)19-4-2-18(3-5-19)11-6-12(20)17-9-16-11/h6-9H,2-5H2,1H3,(H,16,17,20). The van der Waals surface area contributed by atoms with Gasteiger partial charge >= 0.3 is 0 Å². The SMILES string of the molecule is Cc1cnc(N2CCN(c3cc(=O)[nH]cn3)CC2)nc1. The molecule has 3 rings (SSSR count). The molecule has 0 bridgehead atoms. The van der Waals surface area contributed by atoms with E-state index >= 15 is 0 Å². The zero-order chi connectivity index (χ0) is 13.9. The maximum Gasteiger partial charge on any atom is 0.252 e. The Morgan fingerprint density at radius 3 is 2.35 bits per heavy atom. The van der Waals surface area contributed by atoms with Crippen molar-refractivity contribution in [2.24, 2.45) is 0 Å². The van der Waals surface area contributed by atoms with Gasteiger partial charge in [-0.2, -0.15) is 0 Å². The third-order valence-corrected chi connectivity index (χ3v) is 3.32. The van der Waals surface area contributed by atoms with Crippen LogP contribution in [-0.2, 0) is 0 Å². The van der Waals surface area contributed by atoms with Gasteiger partial charge in [-0.25, -0.2) is 15.0 Å². The highest BCUT2D eigenvalue weighted by atomic mass is 16.1. The number of nitrogens with zero attached hydrogens (tertiary/aromatic N) is 5. The molecule has 7 heteroatoms. The Kier molecular flexibility index (Phi) is 3.32. The summed E-state index contributed by atoms with van der Waals surface area (Å²) in [5.74, 6) is 1.48. The van der Waals surface area contributed by atoms with Crippen LogP contribution in [0.1, 0.15) is 5.56 Å². The predicted octanol–water partition coefficient (Wildman–Crippen LogP) is 0.195. The molecule has 0 radical (unpaired) electrons. The molecule has 1 aliphatic rings. The molecule has 1 saturated heterocycles. The molecule has 0 atom stereocenters. The Morgan fingerprint density at radius 2 is 1.70 bits per heavy atom. The maximum absolute atomic E-state index is 11.3. The van der Waals surface area contributed by atoms with Crippen molar-refractivity contribution in [2.45, 2.75) is 6.92 Å². The molecule has 2 aromatic rings. The van der Waals surface area contributed by atoms with Crippen molar-refractivity contribution in [2.75, 3.05) is 36.0 Å². The molecule has 104 valence electrons. The minimum atomic E-state index is -0.126. The normalized spacial score (nSPS) is 15.4. The Balaban J connectivity index is 1.67. The van der Waals surface area contributed by atoms with Crippen LogP contribution >= 0.6 is 0 Å². The first-order valence-corrected chi connectivity index (χ1v) is 6.56. The second kappa shape index (κ2) is 5.28. The van der Waals surface area contributed by atoms with Crippen molar-refractivity contribution in [3.63, 3.8) is 0 Å². The highest BCUT2D eigenvalue weighted by Crippen LogP contribution is 2.14. The molecule has 0 aliphatic carbocycles. The summed E-state index contributed by atoms with van der Waals surface area (Å²) in [6, 6.07) is 1.53. The number of aromatic amines is 1. The van der Waals surface area contributed by atoms with Gasteiger partial charge in [-0.3, -0.25) is 4.79 Å². The first-order chi connectivity index (χ1) is 9.72. The fourth-order valence-corrected chi connectivity index (χ4v) is 2.22. The summed E-state index contributed by atoms with van der Waals surface area (Å²) in [6.07, 6.45) is 5.09. The molecular formula is C13H16N6O. The Morgan fingerprint density at radius 1 is 1.05 bits per heavy atom. The molecule has 7 nitrogen and oxygen atoms in total. The van der Waals surface area contributed by atoms with E-state index in [9.17, 15) is 4.79 Å². The number of hydrogen-bond donors (Lipinski definition) is 1. The van der Waals surface area contributed by atoms with E-state index in [4.69, 9.17) is 0 Å². The number of piperazine rings is 1. The lowest BCUT2D eigenvalue weighted by Gasteiger charge is -2.35. The molecular weight excluding hydrogens is 256 g/mol. The summed E-state index contributed by atoms with van der Waals surface area (Å²) in [4.78, 5) is 30.9. The number of aryl methyl sites for hydroxylation is 1. The third kappa shape index (κ3) is 2.61. The van der Waals surface area contributed by atoms with Gasteiger partial charge in [0.15, 0.2) is 0 Å². The summed E-state index contributed by atoms with van der Waals surface area (Å²) in [7, 11) is 0. The molecule has 2 aromatic heterocycles. The molecule has 1 N–H and O–H groups in total. The van der Waals surface area contributed by atoms with Crippen LogP contribution in [0.2, 0.25) is 0 Å². The number of nitrogens with one attached hydrogen (secondary N) is 1. The monoisotopic (exact) mass is 272 g/mol. The number of aromatic nitrogens is 4. The molecule has 0 saturated carbocycles. The highest BCUT2D eigenvalue weighted by Gasteiger charge is 2.19. The van der Waals surface area contributed by atoms with Gasteiger partial charge in [0.25, 0.3) is 5.56 Å². The van der Waals surface area contributed by atoms with Crippen LogP contribution in [0, 0.1) is 6.92 Å². The quantitative estimate of drug-likeness (QED) is 0.841. The van der Waals surface area contributed by atoms with Crippen LogP contribution in [0.15, 0.2) is 29.6 Å². The van der Waals surface area contributed by atoms with E-state index in [1.807, 2.05) is 19.3 Å². The van der Waals surface area contributed by atoms with Crippen molar-refractivity contribution < 1.29 is 0 Å². The van der Waals surface area contributed by atoms with Gasteiger partial charge in [0.05, 0.1) is 6.33 Å². The van der Waals surface area contributed by atoms with Crippen LogP contribution in [0.5, 0.6) is 0 Å². The molecule has 1 aliphatic heterocycles. The first kappa shape index (κ1) is 12.6. The maximum atomic E-state index is 11.3. The minimum absolute atomic E-state index is 0.126. The lowest BCUT2D eigenvalue weighted by molar-refractivity contribution is 0.633.